The average molecular weight is 254 g/mol. The summed E-state index contributed by atoms with van der Waals surface area (Å²) in [7, 11) is 0. The van der Waals surface area contributed by atoms with E-state index in [1.54, 1.807) is 4.57 Å². The highest BCUT2D eigenvalue weighted by atomic mass is 32.2. The van der Waals surface area contributed by atoms with Crippen molar-refractivity contribution in [3.63, 3.8) is 0 Å². The minimum absolute atomic E-state index is 0.125. The van der Waals surface area contributed by atoms with E-state index in [0.29, 0.717) is 5.16 Å². The minimum atomic E-state index is -0.169. The molecule has 1 aromatic rings. The second kappa shape index (κ2) is 5.58. The van der Waals surface area contributed by atoms with Crippen LogP contribution in [0, 0.1) is 0 Å². The summed E-state index contributed by atoms with van der Waals surface area (Å²) >= 11 is 1.52. The van der Waals surface area contributed by atoms with Gasteiger partial charge in [0.15, 0.2) is 5.16 Å². The Labute approximate surface area is 105 Å². The van der Waals surface area contributed by atoms with Gasteiger partial charge in [-0.15, -0.1) is 0 Å². The predicted molar refractivity (Wildman–Crippen MR) is 68.7 cm³/mol. The minimum Gasteiger partial charge on any atom is -0.493 e. The van der Waals surface area contributed by atoms with E-state index >= 15 is 0 Å². The lowest BCUT2D eigenvalue weighted by Gasteiger charge is -2.25. The Morgan fingerprint density at radius 2 is 2.18 bits per heavy atom. The maximum Gasteiger partial charge on any atom is 0.258 e. The first-order chi connectivity index (χ1) is 8.22. The fourth-order valence-corrected chi connectivity index (χ4v) is 3.16. The van der Waals surface area contributed by atoms with E-state index in [-0.39, 0.29) is 17.5 Å². The number of nitrogens with zero attached hydrogens (tertiary/aromatic N) is 2. The molecule has 0 aromatic carbocycles. The zero-order valence-corrected chi connectivity index (χ0v) is 10.9. The Morgan fingerprint density at radius 3 is 2.82 bits per heavy atom. The summed E-state index contributed by atoms with van der Waals surface area (Å²) in [4.78, 5) is 16.1. The fourth-order valence-electron chi connectivity index (χ4n) is 2.36. The van der Waals surface area contributed by atoms with Crippen LogP contribution >= 0.6 is 11.8 Å². The van der Waals surface area contributed by atoms with Gasteiger partial charge in [0.05, 0.1) is 6.07 Å². The summed E-state index contributed by atoms with van der Waals surface area (Å²) in [5.41, 5.74) is -0.125. The maximum absolute atomic E-state index is 12.0. The molecule has 1 saturated carbocycles. The van der Waals surface area contributed by atoms with Crippen LogP contribution in [-0.2, 0) is 0 Å². The lowest BCUT2D eigenvalue weighted by Crippen LogP contribution is -2.28. The van der Waals surface area contributed by atoms with Crippen LogP contribution < -0.4 is 5.56 Å². The summed E-state index contributed by atoms with van der Waals surface area (Å²) in [6, 6.07) is 1.48. The van der Waals surface area contributed by atoms with Crippen LogP contribution in [0.5, 0.6) is 5.88 Å². The summed E-state index contributed by atoms with van der Waals surface area (Å²) < 4.78 is 1.77. The van der Waals surface area contributed by atoms with E-state index in [2.05, 4.69) is 4.98 Å². The SMILES string of the molecule is CCSc1nc(O)cc(=O)n1C1CCCCC1. The van der Waals surface area contributed by atoms with Crippen LogP contribution in [0.3, 0.4) is 0 Å². The van der Waals surface area contributed by atoms with Gasteiger partial charge in [-0.1, -0.05) is 37.9 Å². The highest BCUT2D eigenvalue weighted by molar-refractivity contribution is 7.99. The van der Waals surface area contributed by atoms with Crippen LogP contribution in [0.15, 0.2) is 16.0 Å². The highest BCUT2D eigenvalue weighted by Crippen LogP contribution is 2.30. The lowest BCUT2D eigenvalue weighted by atomic mass is 9.95. The molecule has 5 heteroatoms. The van der Waals surface area contributed by atoms with Crippen molar-refractivity contribution in [3.05, 3.63) is 16.4 Å². The molecule has 1 N–H and O–H groups in total. The summed E-state index contributed by atoms with van der Waals surface area (Å²) in [6.45, 7) is 2.02. The summed E-state index contributed by atoms with van der Waals surface area (Å²) in [6.07, 6.45) is 5.70. The van der Waals surface area contributed by atoms with Crippen LogP contribution in [0.1, 0.15) is 45.1 Å². The zero-order chi connectivity index (χ0) is 12.3. The van der Waals surface area contributed by atoms with Crippen molar-refractivity contribution < 1.29 is 5.11 Å². The molecule has 0 spiro atoms. The van der Waals surface area contributed by atoms with Crippen LogP contribution in [0.2, 0.25) is 0 Å². The van der Waals surface area contributed by atoms with Gasteiger partial charge in [0, 0.05) is 6.04 Å². The van der Waals surface area contributed by atoms with Crippen molar-refractivity contribution >= 4 is 11.8 Å². The van der Waals surface area contributed by atoms with E-state index in [9.17, 15) is 9.90 Å². The second-order valence-electron chi connectivity index (χ2n) is 4.33. The van der Waals surface area contributed by atoms with Gasteiger partial charge in [-0.05, 0) is 18.6 Å². The molecule has 17 heavy (non-hydrogen) atoms. The van der Waals surface area contributed by atoms with Crippen molar-refractivity contribution in [3.8, 4) is 5.88 Å². The van der Waals surface area contributed by atoms with Gasteiger partial charge in [0.1, 0.15) is 0 Å². The number of aromatic hydroxyl groups is 1. The Morgan fingerprint density at radius 1 is 1.47 bits per heavy atom. The Bertz CT molecular complexity index is 439. The van der Waals surface area contributed by atoms with E-state index in [1.807, 2.05) is 6.92 Å². The molecule has 0 bridgehead atoms. The van der Waals surface area contributed by atoms with Gasteiger partial charge in [0.25, 0.3) is 5.56 Å². The van der Waals surface area contributed by atoms with Gasteiger partial charge in [-0.2, -0.15) is 4.98 Å². The molecular weight excluding hydrogens is 236 g/mol. The Hall–Kier alpha value is -0.970. The number of hydrogen-bond acceptors (Lipinski definition) is 4. The van der Waals surface area contributed by atoms with Gasteiger partial charge >= 0.3 is 0 Å². The lowest BCUT2D eigenvalue weighted by molar-refractivity contribution is 0.317. The molecule has 0 radical (unpaired) electrons. The number of hydrogen-bond donors (Lipinski definition) is 1. The summed E-state index contributed by atoms with van der Waals surface area (Å²) in [5, 5.41) is 10.1. The third-order valence-corrected chi connectivity index (χ3v) is 3.95. The molecule has 94 valence electrons. The van der Waals surface area contributed by atoms with Crippen LogP contribution in [0.25, 0.3) is 0 Å². The third kappa shape index (κ3) is 2.83. The van der Waals surface area contributed by atoms with Crippen molar-refractivity contribution in [2.24, 2.45) is 0 Å². The molecule has 1 aliphatic carbocycles. The quantitative estimate of drug-likeness (QED) is 0.665. The van der Waals surface area contributed by atoms with Gasteiger partial charge in [-0.25, -0.2) is 0 Å². The number of rotatable bonds is 3. The molecule has 0 aliphatic heterocycles. The normalized spacial score (nSPS) is 17.2. The molecule has 2 rings (SSSR count). The van der Waals surface area contributed by atoms with Crippen LogP contribution in [-0.4, -0.2) is 20.4 Å². The maximum atomic E-state index is 12.0. The smallest absolute Gasteiger partial charge is 0.258 e. The van der Waals surface area contributed by atoms with Crippen molar-refractivity contribution in [1.29, 1.82) is 0 Å². The Balaban J connectivity index is 2.38. The molecule has 0 amide bonds. The molecule has 0 atom stereocenters. The van der Waals surface area contributed by atoms with Gasteiger partial charge in [0.2, 0.25) is 5.88 Å². The predicted octanol–water partition coefficient (Wildman–Crippen LogP) is 2.57. The molecular formula is C12H18N2O2S. The fraction of sp³-hybridized carbons (Fsp3) is 0.667. The largest absolute Gasteiger partial charge is 0.493 e. The molecule has 1 fully saturated rings. The second-order valence-corrected chi connectivity index (χ2v) is 5.56. The first-order valence-electron chi connectivity index (χ1n) is 6.17. The molecule has 0 saturated heterocycles. The monoisotopic (exact) mass is 254 g/mol. The first-order valence-corrected chi connectivity index (χ1v) is 7.16. The van der Waals surface area contributed by atoms with E-state index in [1.165, 1.54) is 37.1 Å². The molecule has 0 unspecified atom stereocenters. The zero-order valence-electron chi connectivity index (χ0n) is 10.1. The highest BCUT2D eigenvalue weighted by Gasteiger charge is 2.20. The van der Waals surface area contributed by atoms with Gasteiger partial charge < -0.3 is 5.11 Å². The van der Waals surface area contributed by atoms with Crippen LogP contribution in [0.4, 0.5) is 0 Å². The molecule has 1 aliphatic rings. The van der Waals surface area contributed by atoms with E-state index in [0.717, 1.165) is 18.6 Å². The average Bonchev–Trinajstić information content (AvgIpc) is 2.30. The van der Waals surface area contributed by atoms with E-state index < -0.39 is 0 Å². The van der Waals surface area contributed by atoms with Crippen molar-refractivity contribution in [2.75, 3.05) is 5.75 Å². The summed E-state index contributed by atoms with van der Waals surface area (Å²) in [5.74, 6) is 0.681. The van der Waals surface area contributed by atoms with Gasteiger partial charge in [-0.3, -0.25) is 9.36 Å². The standard InChI is InChI=1S/C12H18N2O2S/c1-2-17-12-13-10(15)8-11(16)14(12)9-6-4-3-5-7-9/h8-9,15H,2-7H2,1H3. The van der Waals surface area contributed by atoms with E-state index in [4.69, 9.17) is 0 Å². The first kappa shape index (κ1) is 12.5. The molecule has 1 aromatic heterocycles. The molecule has 1 heterocycles. The number of aromatic nitrogens is 2. The Kier molecular flexibility index (Phi) is 4.10. The number of thioether (sulfide) groups is 1. The third-order valence-electron chi connectivity index (χ3n) is 3.12. The molecule has 4 nitrogen and oxygen atoms in total. The van der Waals surface area contributed by atoms with Crippen molar-refractivity contribution in [2.45, 2.75) is 50.2 Å². The van der Waals surface area contributed by atoms with Crippen molar-refractivity contribution in [1.82, 2.24) is 9.55 Å². The topological polar surface area (TPSA) is 55.1 Å².